The van der Waals surface area contributed by atoms with E-state index in [1.165, 1.54) is 0 Å². The maximum absolute atomic E-state index is 12.3. The summed E-state index contributed by atoms with van der Waals surface area (Å²) in [7, 11) is 0.789. The Bertz CT molecular complexity index is 221. The predicted octanol–water partition coefficient (Wildman–Crippen LogP) is 2.41. The molecule has 0 fully saturated rings. The van der Waals surface area contributed by atoms with E-state index in [1.54, 1.807) is 0 Å². The Labute approximate surface area is 75.9 Å². The monoisotopic (exact) mass is 222 g/mol. The lowest BCUT2D eigenvalue weighted by atomic mass is 10.4. The van der Waals surface area contributed by atoms with Crippen molar-refractivity contribution in [1.82, 2.24) is 0 Å². The summed E-state index contributed by atoms with van der Waals surface area (Å²) in [6.07, 6.45) is 0. The average molecular weight is 223 g/mol. The van der Waals surface area contributed by atoms with Crippen molar-refractivity contribution in [3.05, 3.63) is 11.7 Å². The van der Waals surface area contributed by atoms with Gasteiger partial charge in [0.05, 0.1) is 7.11 Å². The molecule has 70 valence electrons. The van der Waals surface area contributed by atoms with Crippen LogP contribution in [0.25, 0.3) is 0 Å². The number of carbonyl (C=O) groups excluding carboxylic acids is 1. The number of hydrogen-bond donors (Lipinski definition) is 0. The summed E-state index contributed by atoms with van der Waals surface area (Å²) in [5.41, 5.74) is 0. The zero-order chi connectivity index (χ0) is 9.94. The van der Waals surface area contributed by atoms with E-state index in [4.69, 9.17) is 0 Å². The Morgan fingerprint density at radius 2 is 1.83 bits per heavy atom. The highest BCUT2D eigenvalue weighted by atomic mass is 35.5. The van der Waals surface area contributed by atoms with Crippen LogP contribution < -0.4 is 0 Å². The molecule has 7 heteroatoms. The molecular formula is C5H3Cl2F3O2. The van der Waals surface area contributed by atoms with E-state index in [9.17, 15) is 18.0 Å². The van der Waals surface area contributed by atoms with E-state index in [-0.39, 0.29) is 0 Å². The van der Waals surface area contributed by atoms with Crippen molar-refractivity contribution in [1.29, 1.82) is 0 Å². The molecule has 0 spiro atoms. The highest BCUT2D eigenvalue weighted by molar-refractivity contribution is 6.49. The van der Waals surface area contributed by atoms with Gasteiger partial charge in [-0.1, -0.05) is 23.2 Å². The minimum Gasteiger partial charge on any atom is -0.464 e. The smallest absolute Gasteiger partial charge is 0.369 e. The molecule has 12 heavy (non-hydrogen) atoms. The number of methoxy groups -OCH3 is 1. The minimum atomic E-state index is -3.56. The molecule has 0 aromatic rings. The van der Waals surface area contributed by atoms with Crippen molar-refractivity contribution in [2.75, 3.05) is 7.11 Å². The van der Waals surface area contributed by atoms with Crippen LogP contribution in [0.15, 0.2) is 11.7 Å². The first-order valence-electron chi connectivity index (χ1n) is 2.51. The minimum absolute atomic E-state index is 0.789. The summed E-state index contributed by atoms with van der Waals surface area (Å²) in [6.45, 7) is 0. The van der Waals surface area contributed by atoms with Crippen molar-refractivity contribution in [3.8, 4) is 0 Å². The molecule has 0 rings (SSSR count). The molecule has 0 bridgehead atoms. The molecule has 0 saturated carbocycles. The summed E-state index contributed by atoms with van der Waals surface area (Å²) >= 11 is 9.00. The van der Waals surface area contributed by atoms with E-state index in [2.05, 4.69) is 27.9 Å². The van der Waals surface area contributed by atoms with Crippen molar-refractivity contribution in [2.24, 2.45) is 0 Å². The third kappa shape index (κ3) is 2.91. The first-order chi connectivity index (χ1) is 5.30. The Kier molecular flexibility index (Phi) is 3.86. The third-order valence-corrected chi connectivity index (χ3v) is 1.14. The van der Waals surface area contributed by atoms with Crippen LogP contribution in [0.4, 0.5) is 13.2 Å². The van der Waals surface area contributed by atoms with Gasteiger partial charge in [-0.05, 0) is 0 Å². The molecule has 0 aliphatic carbocycles. The number of esters is 1. The van der Waals surface area contributed by atoms with Gasteiger partial charge in [-0.25, -0.2) is 9.18 Å². The second-order valence-electron chi connectivity index (χ2n) is 1.62. The van der Waals surface area contributed by atoms with Gasteiger partial charge in [0.15, 0.2) is 0 Å². The number of halogens is 5. The summed E-state index contributed by atoms with van der Waals surface area (Å²) in [4.78, 5) is 10.2. The maximum Gasteiger partial charge on any atom is 0.369 e. The number of hydrogen-bond acceptors (Lipinski definition) is 2. The maximum atomic E-state index is 12.3. The van der Waals surface area contributed by atoms with Gasteiger partial charge in [0.25, 0.3) is 0 Å². The number of allylic oxidation sites excluding steroid dienone is 1. The van der Waals surface area contributed by atoms with Crippen LogP contribution in [0.5, 0.6) is 0 Å². The number of alkyl halides is 3. The first-order valence-corrected chi connectivity index (χ1v) is 3.27. The summed E-state index contributed by atoms with van der Waals surface area (Å²) in [6, 6.07) is 0. The van der Waals surface area contributed by atoms with Gasteiger partial charge in [0.2, 0.25) is 11.7 Å². The summed E-state index contributed by atoms with van der Waals surface area (Å²) < 4.78 is 37.0. The largest absolute Gasteiger partial charge is 0.464 e. The lowest BCUT2D eigenvalue weighted by Gasteiger charge is -2.05. The number of carbonyl (C=O) groups is 1. The first kappa shape index (κ1) is 11.6. The van der Waals surface area contributed by atoms with Crippen LogP contribution >= 0.6 is 23.2 Å². The van der Waals surface area contributed by atoms with Crippen LogP contribution in [0, 0.1) is 0 Å². The van der Waals surface area contributed by atoms with Gasteiger partial charge in [0.1, 0.15) is 0 Å². The lowest BCUT2D eigenvalue weighted by molar-refractivity contribution is -0.138. The van der Waals surface area contributed by atoms with Crippen LogP contribution in [-0.4, -0.2) is 17.7 Å². The fourth-order valence-corrected chi connectivity index (χ4v) is 0.470. The topological polar surface area (TPSA) is 26.3 Å². The van der Waals surface area contributed by atoms with Crippen LogP contribution in [0.1, 0.15) is 0 Å². The van der Waals surface area contributed by atoms with Crippen LogP contribution in [0.2, 0.25) is 0 Å². The fourth-order valence-electron chi connectivity index (χ4n) is 0.304. The zero-order valence-corrected chi connectivity index (χ0v) is 7.22. The van der Waals surface area contributed by atoms with E-state index in [1.807, 2.05) is 0 Å². The molecule has 0 amide bonds. The average Bonchev–Trinajstić information content (AvgIpc) is 1.98. The summed E-state index contributed by atoms with van der Waals surface area (Å²) in [5.74, 6) is -6.00. The number of ether oxygens (including phenoxy) is 1. The van der Waals surface area contributed by atoms with Gasteiger partial charge < -0.3 is 4.74 Å². The van der Waals surface area contributed by atoms with Gasteiger partial charge in [-0.2, -0.15) is 8.78 Å². The molecule has 0 unspecified atom stereocenters. The second kappa shape index (κ2) is 4.00. The molecule has 0 aromatic heterocycles. The van der Waals surface area contributed by atoms with Gasteiger partial charge in [0, 0.05) is 0 Å². The van der Waals surface area contributed by atoms with Crippen molar-refractivity contribution in [2.45, 2.75) is 4.59 Å². The normalized spacial score (nSPS) is 13.8. The van der Waals surface area contributed by atoms with E-state index < -0.39 is 22.2 Å². The Morgan fingerprint density at radius 3 is 2.08 bits per heavy atom. The Morgan fingerprint density at radius 1 is 1.42 bits per heavy atom. The molecule has 2 nitrogen and oxygen atoms in total. The molecule has 0 aliphatic heterocycles. The van der Waals surface area contributed by atoms with Crippen LogP contribution in [0.3, 0.4) is 0 Å². The van der Waals surface area contributed by atoms with Gasteiger partial charge in [-0.15, -0.1) is 0 Å². The van der Waals surface area contributed by atoms with Crippen molar-refractivity contribution in [3.63, 3.8) is 0 Å². The second-order valence-corrected chi connectivity index (χ2v) is 2.85. The highest BCUT2D eigenvalue weighted by Crippen LogP contribution is 2.35. The Hall–Kier alpha value is -0.420. The molecular weight excluding hydrogens is 220 g/mol. The van der Waals surface area contributed by atoms with Crippen molar-refractivity contribution >= 4 is 29.2 Å². The zero-order valence-electron chi connectivity index (χ0n) is 5.71. The lowest BCUT2D eigenvalue weighted by Crippen LogP contribution is -2.11. The van der Waals surface area contributed by atoms with E-state index >= 15 is 0 Å². The molecule has 0 aliphatic rings. The van der Waals surface area contributed by atoms with Gasteiger partial charge >= 0.3 is 10.6 Å². The quantitative estimate of drug-likeness (QED) is 0.408. The molecule has 0 heterocycles. The number of rotatable bonds is 2. The standard InChI is InChI=1S/C5H3Cl2F3O2/c1-12-4(11)2(8)3(9)5(6,7)10/h1H3/b3-2+. The predicted molar refractivity (Wildman–Crippen MR) is 36.8 cm³/mol. The molecule has 0 atom stereocenters. The fraction of sp³-hybridized carbons (Fsp3) is 0.400. The summed E-state index contributed by atoms with van der Waals surface area (Å²) in [5, 5.41) is 0. The molecule has 0 N–H and O–H groups in total. The van der Waals surface area contributed by atoms with Gasteiger partial charge in [-0.3, -0.25) is 0 Å². The van der Waals surface area contributed by atoms with Crippen LogP contribution in [-0.2, 0) is 9.53 Å². The molecule has 0 saturated heterocycles. The van der Waals surface area contributed by atoms with Crippen molar-refractivity contribution < 1.29 is 22.7 Å². The third-order valence-electron chi connectivity index (χ3n) is 0.806. The highest BCUT2D eigenvalue weighted by Gasteiger charge is 2.35. The van der Waals surface area contributed by atoms with E-state index in [0.29, 0.717) is 0 Å². The molecule has 0 aromatic carbocycles. The SMILES string of the molecule is COC(=O)/C(F)=C(\F)C(F)(Cl)Cl. The Balaban J connectivity index is 4.82. The van der Waals surface area contributed by atoms with E-state index in [0.717, 1.165) is 7.11 Å². The molecule has 0 radical (unpaired) electrons.